The second-order valence-corrected chi connectivity index (χ2v) is 6.71. The first-order chi connectivity index (χ1) is 14.4. The molecular formula is C22H16N4O4. The quantitative estimate of drug-likeness (QED) is 0.415. The minimum atomic E-state index is -0.530. The summed E-state index contributed by atoms with van der Waals surface area (Å²) in [5.74, 6) is -0.399. The van der Waals surface area contributed by atoms with E-state index in [0.717, 1.165) is 10.2 Å². The third-order valence-electron chi connectivity index (χ3n) is 4.62. The van der Waals surface area contributed by atoms with E-state index in [2.05, 4.69) is 10.4 Å². The molecule has 1 amide bonds. The van der Waals surface area contributed by atoms with E-state index in [-0.39, 0.29) is 11.5 Å². The van der Waals surface area contributed by atoms with Crippen molar-refractivity contribution in [3.8, 4) is 11.4 Å². The molecule has 0 atom stereocenters. The maximum atomic E-state index is 13.1. The van der Waals surface area contributed by atoms with Crippen molar-refractivity contribution in [3.63, 3.8) is 0 Å². The molecule has 3 aromatic carbocycles. The number of carbonyl (C=O) groups excluding carboxylic acids is 1. The zero-order valence-corrected chi connectivity index (χ0v) is 15.9. The summed E-state index contributed by atoms with van der Waals surface area (Å²) < 4.78 is 1.03. The van der Waals surface area contributed by atoms with E-state index in [1.807, 2.05) is 6.92 Å². The monoisotopic (exact) mass is 400 g/mol. The van der Waals surface area contributed by atoms with Crippen molar-refractivity contribution in [2.75, 3.05) is 5.43 Å². The molecule has 1 N–H and O–H groups in total. The van der Waals surface area contributed by atoms with Crippen LogP contribution in [0.15, 0.2) is 77.6 Å². The van der Waals surface area contributed by atoms with Gasteiger partial charge in [0.25, 0.3) is 17.2 Å². The minimum Gasteiger partial charge on any atom is -0.267 e. The van der Waals surface area contributed by atoms with Gasteiger partial charge in [0, 0.05) is 23.3 Å². The molecule has 0 fully saturated rings. The number of nitro groups is 1. The molecule has 0 aliphatic heterocycles. The average molecular weight is 400 g/mol. The summed E-state index contributed by atoms with van der Waals surface area (Å²) in [5, 5.41) is 11.5. The SMILES string of the molecule is Cc1ccc(C(=O)Nn2c(-c3cccc([N+](=O)[O-])c3)nc3ccccc3c2=O)cc1. The van der Waals surface area contributed by atoms with Gasteiger partial charge in [0.1, 0.15) is 0 Å². The number of hydrogen-bond acceptors (Lipinski definition) is 5. The zero-order chi connectivity index (χ0) is 21.3. The van der Waals surface area contributed by atoms with Gasteiger partial charge in [-0.1, -0.05) is 42.0 Å². The summed E-state index contributed by atoms with van der Waals surface area (Å²) in [6.07, 6.45) is 0. The van der Waals surface area contributed by atoms with E-state index in [1.165, 1.54) is 18.2 Å². The van der Waals surface area contributed by atoms with Gasteiger partial charge in [-0.05, 0) is 31.2 Å². The van der Waals surface area contributed by atoms with Crippen LogP contribution in [0.25, 0.3) is 22.3 Å². The van der Waals surface area contributed by atoms with Crippen molar-refractivity contribution in [3.05, 3.63) is 104 Å². The van der Waals surface area contributed by atoms with E-state index in [1.54, 1.807) is 54.6 Å². The van der Waals surface area contributed by atoms with Crippen molar-refractivity contribution >= 4 is 22.5 Å². The molecule has 0 unspecified atom stereocenters. The molecule has 0 spiro atoms. The van der Waals surface area contributed by atoms with Gasteiger partial charge in [-0.25, -0.2) is 4.98 Å². The third-order valence-corrected chi connectivity index (χ3v) is 4.62. The number of hydrogen-bond donors (Lipinski definition) is 1. The van der Waals surface area contributed by atoms with E-state index in [4.69, 9.17) is 0 Å². The van der Waals surface area contributed by atoms with Crippen LogP contribution in [-0.2, 0) is 0 Å². The van der Waals surface area contributed by atoms with Crippen molar-refractivity contribution < 1.29 is 9.72 Å². The number of nitro benzene ring substituents is 1. The molecule has 0 bridgehead atoms. The Hall–Kier alpha value is -4.33. The Morgan fingerprint density at radius 2 is 1.77 bits per heavy atom. The van der Waals surface area contributed by atoms with Gasteiger partial charge in [-0.15, -0.1) is 0 Å². The Bertz CT molecular complexity index is 1340. The van der Waals surface area contributed by atoms with Gasteiger partial charge >= 0.3 is 0 Å². The molecule has 0 radical (unpaired) electrons. The maximum absolute atomic E-state index is 13.1. The standard InChI is InChI=1S/C22H16N4O4/c1-14-9-11-15(12-10-14)21(27)24-25-20(16-5-4-6-17(13-16)26(29)30)23-19-8-3-2-7-18(19)22(25)28/h2-13H,1H3,(H,24,27). The molecule has 0 aliphatic rings. The molecule has 8 heteroatoms. The topological polar surface area (TPSA) is 107 Å². The Morgan fingerprint density at radius 1 is 1.03 bits per heavy atom. The minimum absolute atomic E-state index is 0.0999. The Labute approximate surface area is 170 Å². The number of rotatable bonds is 4. The fraction of sp³-hybridized carbons (Fsp3) is 0.0455. The second-order valence-electron chi connectivity index (χ2n) is 6.71. The fourth-order valence-corrected chi connectivity index (χ4v) is 3.06. The van der Waals surface area contributed by atoms with Gasteiger partial charge in [0.2, 0.25) is 0 Å². The van der Waals surface area contributed by atoms with Crippen LogP contribution in [0.2, 0.25) is 0 Å². The number of aromatic nitrogens is 2. The Balaban J connectivity index is 1.89. The number of para-hydroxylation sites is 1. The number of aryl methyl sites for hydroxylation is 1. The first-order valence-corrected chi connectivity index (χ1v) is 9.09. The third kappa shape index (κ3) is 3.53. The van der Waals surface area contributed by atoms with E-state index < -0.39 is 16.4 Å². The highest BCUT2D eigenvalue weighted by molar-refractivity contribution is 6.00. The molecule has 1 heterocycles. The first kappa shape index (κ1) is 19.0. The van der Waals surface area contributed by atoms with E-state index in [9.17, 15) is 19.7 Å². The summed E-state index contributed by atoms with van der Waals surface area (Å²) in [4.78, 5) is 41.1. The molecule has 0 aliphatic carbocycles. The van der Waals surface area contributed by atoms with Crippen molar-refractivity contribution in [1.29, 1.82) is 0 Å². The van der Waals surface area contributed by atoms with Gasteiger partial charge in [0.15, 0.2) is 5.82 Å². The van der Waals surface area contributed by atoms with Gasteiger partial charge in [-0.3, -0.25) is 25.1 Å². The van der Waals surface area contributed by atoms with Crippen LogP contribution in [-0.4, -0.2) is 20.5 Å². The van der Waals surface area contributed by atoms with Crippen molar-refractivity contribution in [2.24, 2.45) is 0 Å². The number of benzene rings is 3. The molecule has 30 heavy (non-hydrogen) atoms. The van der Waals surface area contributed by atoms with Gasteiger partial charge < -0.3 is 0 Å². The molecule has 1 aromatic heterocycles. The van der Waals surface area contributed by atoms with Gasteiger partial charge in [-0.2, -0.15) is 4.68 Å². The summed E-state index contributed by atoms with van der Waals surface area (Å²) in [6, 6.07) is 19.3. The fourth-order valence-electron chi connectivity index (χ4n) is 3.06. The van der Waals surface area contributed by atoms with E-state index in [0.29, 0.717) is 22.0 Å². The summed E-state index contributed by atoms with van der Waals surface area (Å²) in [5.41, 5.74) is 4.07. The predicted octanol–water partition coefficient (Wildman–Crippen LogP) is 3.66. The molecule has 4 rings (SSSR count). The molecule has 4 aromatic rings. The number of amides is 1. The first-order valence-electron chi connectivity index (χ1n) is 9.09. The molecule has 0 saturated carbocycles. The molecular weight excluding hydrogens is 384 g/mol. The normalized spacial score (nSPS) is 10.7. The van der Waals surface area contributed by atoms with Crippen LogP contribution in [0.5, 0.6) is 0 Å². The van der Waals surface area contributed by atoms with Crippen molar-refractivity contribution in [1.82, 2.24) is 9.66 Å². The maximum Gasteiger partial charge on any atom is 0.280 e. The molecule has 0 saturated heterocycles. The zero-order valence-electron chi connectivity index (χ0n) is 15.9. The lowest BCUT2D eigenvalue weighted by atomic mass is 10.1. The predicted molar refractivity (Wildman–Crippen MR) is 113 cm³/mol. The average Bonchev–Trinajstić information content (AvgIpc) is 2.76. The van der Waals surface area contributed by atoms with Crippen LogP contribution in [0.3, 0.4) is 0 Å². The number of fused-ring (bicyclic) bond motifs is 1. The number of carbonyl (C=O) groups is 1. The molecule has 8 nitrogen and oxygen atoms in total. The summed E-state index contributed by atoms with van der Waals surface area (Å²) in [7, 11) is 0. The van der Waals surface area contributed by atoms with E-state index >= 15 is 0 Å². The highest BCUT2D eigenvalue weighted by atomic mass is 16.6. The van der Waals surface area contributed by atoms with Crippen LogP contribution >= 0.6 is 0 Å². The lowest BCUT2D eigenvalue weighted by Crippen LogP contribution is -2.35. The van der Waals surface area contributed by atoms with Gasteiger partial charge in [0.05, 0.1) is 15.8 Å². The smallest absolute Gasteiger partial charge is 0.267 e. The number of nitrogens with zero attached hydrogens (tertiary/aromatic N) is 3. The largest absolute Gasteiger partial charge is 0.280 e. The number of non-ortho nitro benzene ring substituents is 1. The Kier molecular flexibility index (Phi) is 4.81. The molecule has 148 valence electrons. The Morgan fingerprint density at radius 3 is 2.50 bits per heavy atom. The van der Waals surface area contributed by atoms with Crippen LogP contribution in [0.4, 0.5) is 5.69 Å². The van der Waals surface area contributed by atoms with Crippen LogP contribution in [0, 0.1) is 17.0 Å². The van der Waals surface area contributed by atoms with Crippen LogP contribution in [0.1, 0.15) is 15.9 Å². The number of nitrogens with one attached hydrogen (secondary N) is 1. The highest BCUT2D eigenvalue weighted by Crippen LogP contribution is 2.23. The highest BCUT2D eigenvalue weighted by Gasteiger charge is 2.17. The summed E-state index contributed by atoms with van der Waals surface area (Å²) >= 11 is 0. The second kappa shape index (κ2) is 7.59. The lowest BCUT2D eigenvalue weighted by molar-refractivity contribution is -0.384. The summed E-state index contributed by atoms with van der Waals surface area (Å²) in [6.45, 7) is 1.90. The lowest BCUT2D eigenvalue weighted by Gasteiger charge is -2.14. The van der Waals surface area contributed by atoms with Crippen LogP contribution < -0.4 is 11.0 Å². The van der Waals surface area contributed by atoms with Crippen molar-refractivity contribution in [2.45, 2.75) is 6.92 Å².